The van der Waals surface area contributed by atoms with E-state index in [4.69, 9.17) is 0 Å². The molecular weight excluding hydrogens is 402 g/mol. The molecule has 29 heavy (non-hydrogen) atoms. The van der Waals surface area contributed by atoms with Crippen molar-refractivity contribution in [2.75, 3.05) is 23.9 Å². The Labute approximate surface area is 178 Å². The van der Waals surface area contributed by atoms with Crippen LogP contribution in [-0.4, -0.2) is 39.6 Å². The Kier molecular flexibility index (Phi) is 6.06. The fourth-order valence-corrected chi connectivity index (χ4v) is 5.01. The van der Waals surface area contributed by atoms with E-state index in [0.717, 1.165) is 30.8 Å². The van der Waals surface area contributed by atoms with Crippen molar-refractivity contribution in [3.8, 4) is 11.4 Å². The van der Waals surface area contributed by atoms with Crippen molar-refractivity contribution in [3.05, 3.63) is 65.4 Å². The number of thioether (sulfide) groups is 2. The van der Waals surface area contributed by atoms with Gasteiger partial charge in [-0.2, -0.15) is 0 Å². The minimum atomic E-state index is -0.928. The number of nitrogens with one attached hydrogen (secondary N) is 1. The van der Waals surface area contributed by atoms with Crippen molar-refractivity contribution in [1.82, 2.24) is 9.97 Å². The number of anilines is 1. The van der Waals surface area contributed by atoms with E-state index < -0.39 is 5.97 Å². The van der Waals surface area contributed by atoms with Crippen LogP contribution in [0.2, 0.25) is 0 Å². The number of carboxylic acid groups (broad SMARTS) is 1. The van der Waals surface area contributed by atoms with Crippen LogP contribution in [0, 0.1) is 0 Å². The van der Waals surface area contributed by atoms with E-state index in [-0.39, 0.29) is 0 Å². The molecule has 0 spiro atoms. The first-order chi connectivity index (χ1) is 14.1. The van der Waals surface area contributed by atoms with Crippen LogP contribution >= 0.6 is 23.5 Å². The number of aryl methyl sites for hydroxylation is 1. The summed E-state index contributed by atoms with van der Waals surface area (Å²) in [5.74, 6) is 1.60. The second-order valence-electron chi connectivity index (χ2n) is 6.70. The second kappa shape index (κ2) is 8.88. The third-order valence-electron chi connectivity index (χ3n) is 4.82. The zero-order valence-corrected chi connectivity index (χ0v) is 17.6. The van der Waals surface area contributed by atoms with Crippen molar-refractivity contribution >= 4 is 35.3 Å². The molecule has 2 N–H and O–H groups in total. The molecule has 0 unspecified atom stereocenters. The summed E-state index contributed by atoms with van der Waals surface area (Å²) in [5, 5.41) is 12.7. The van der Waals surface area contributed by atoms with E-state index in [1.807, 2.05) is 30.2 Å². The molecule has 4 rings (SSSR count). The fraction of sp³-hybridized carbons (Fsp3) is 0.227. The number of aromatic carboxylic acids is 1. The van der Waals surface area contributed by atoms with E-state index in [9.17, 15) is 9.90 Å². The number of hydrogen-bond acceptors (Lipinski definition) is 6. The van der Waals surface area contributed by atoms with Gasteiger partial charge in [-0.3, -0.25) is 0 Å². The highest BCUT2D eigenvalue weighted by molar-refractivity contribution is 7.99. The molecule has 2 aromatic carbocycles. The van der Waals surface area contributed by atoms with Crippen LogP contribution in [-0.2, 0) is 12.8 Å². The highest BCUT2D eigenvalue weighted by Gasteiger charge is 2.13. The largest absolute Gasteiger partial charge is 0.478 e. The minimum absolute atomic E-state index is 0.295. The summed E-state index contributed by atoms with van der Waals surface area (Å²) in [6.45, 7) is 0.788. The Morgan fingerprint density at radius 2 is 2.14 bits per heavy atom. The summed E-state index contributed by atoms with van der Waals surface area (Å²) in [6, 6.07) is 13.8. The van der Waals surface area contributed by atoms with E-state index in [2.05, 4.69) is 33.5 Å². The molecule has 148 valence electrons. The highest BCUT2D eigenvalue weighted by atomic mass is 32.2. The maximum absolute atomic E-state index is 11.3. The standard InChI is InChI=1S/C22H21N3O2S2/c1-28-19-13-16(3-4-17(19)22(26)27)21-24-10-7-20(25-21)23-9-6-14-2-5-18-15(12-14)8-11-29-18/h2-5,7,10,12-13H,6,8-9,11H2,1H3,(H,26,27)(H,23,24,25). The predicted octanol–water partition coefficient (Wildman–Crippen LogP) is 4.87. The van der Waals surface area contributed by atoms with E-state index in [1.165, 1.54) is 33.5 Å². The van der Waals surface area contributed by atoms with Gasteiger partial charge in [0.2, 0.25) is 0 Å². The lowest BCUT2D eigenvalue weighted by atomic mass is 10.1. The van der Waals surface area contributed by atoms with Crippen LogP contribution in [0.15, 0.2) is 58.5 Å². The lowest BCUT2D eigenvalue weighted by molar-refractivity contribution is 0.0693. The summed E-state index contributed by atoms with van der Waals surface area (Å²) in [6.07, 6.45) is 5.68. The van der Waals surface area contributed by atoms with Gasteiger partial charge in [-0.1, -0.05) is 18.2 Å². The zero-order chi connectivity index (χ0) is 20.2. The van der Waals surface area contributed by atoms with Crippen molar-refractivity contribution in [2.45, 2.75) is 22.6 Å². The molecule has 1 aromatic heterocycles. The lowest BCUT2D eigenvalue weighted by Crippen LogP contribution is -2.07. The number of rotatable bonds is 7. The molecule has 0 saturated heterocycles. The molecule has 0 fully saturated rings. The van der Waals surface area contributed by atoms with E-state index >= 15 is 0 Å². The monoisotopic (exact) mass is 423 g/mol. The molecule has 0 radical (unpaired) electrons. The smallest absolute Gasteiger partial charge is 0.336 e. The topological polar surface area (TPSA) is 75.1 Å². The van der Waals surface area contributed by atoms with E-state index in [0.29, 0.717) is 16.3 Å². The van der Waals surface area contributed by atoms with Crippen molar-refractivity contribution in [3.63, 3.8) is 0 Å². The molecule has 0 atom stereocenters. The quantitative estimate of drug-likeness (QED) is 0.525. The molecule has 7 heteroatoms. The third-order valence-corrected chi connectivity index (χ3v) is 6.71. The molecule has 2 heterocycles. The van der Waals surface area contributed by atoms with Gasteiger partial charge in [-0.15, -0.1) is 23.5 Å². The number of carboxylic acids is 1. The van der Waals surface area contributed by atoms with Gasteiger partial charge in [0.15, 0.2) is 5.82 Å². The molecule has 0 bridgehead atoms. The zero-order valence-electron chi connectivity index (χ0n) is 16.0. The molecule has 0 aliphatic carbocycles. The summed E-state index contributed by atoms with van der Waals surface area (Å²) in [4.78, 5) is 22.4. The maximum atomic E-state index is 11.3. The molecule has 1 aliphatic heterocycles. The summed E-state index contributed by atoms with van der Waals surface area (Å²) < 4.78 is 0. The molecule has 1 aliphatic rings. The number of nitrogens with zero attached hydrogens (tertiary/aromatic N) is 2. The van der Waals surface area contributed by atoms with Gasteiger partial charge in [0.25, 0.3) is 0 Å². The number of benzene rings is 2. The van der Waals surface area contributed by atoms with Crippen LogP contribution in [0.5, 0.6) is 0 Å². The van der Waals surface area contributed by atoms with Crippen LogP contribution in [0.4, 0.5) is 5.82 Å². The van der Waals surface area contributed by atoms with E-state index in [1.54, 1.807) is 18.3 Å². The molecule has 5 nitrogen and oxygen atoms in total. The SMILES string of the molecule is CSc1cc(-c2nccc(NCCc3ccc4c(c3)CCS4)n2)ccc1C(=O)O. The van der Waals surface area contributed by atoms with Gasteiger partial charge < -0.3 is 10.4 Å². The number of aromatic nitrogens is 2. The Morgan fingerprint density at radius 1 is 1.24 bits per heavy atom. The Morgan fingerprint density at radius 3 is 2.97 bits per heavy atom. The van der Waals surface area contributed by atoms with Gasteiger partial charge in [-0.05, 0) is 54.5 Å². The lowest BCUT2D eigenvalue weighted by Gasteiger charge is -2.09. The van der Waals surface area contributed by atoms with Gasteiger partial charge >= 0.3 is 5.97 Å². The normalized spacial score (nSPS) is 12.6. The summed E-state index contributed by atoms with van der Waals surface area (Å²) in [5.41, 5.74) is 3.90. The average molecular weight is 424 g/mol. The van der Waals surface area contributed by atoms with Gasteiger partial charge in [0.05, 0.1) is 5.56 Å². The van der Waals surface area contributed by atoms with Gasteiger partial charge in [-0.25, -0.2) is 14.8 Å². The van der Waals surface area contributed by atoms with Crippen LogP contribution < -0.4 is 5.32 Å². The first-order valence-electron chi connectivity index (χ1n) is 9.37. The first kappa shape index (κ1) is 19.8. The van der Waals surface area contributed by atoms with Crippen LogP contribution in [0.1, 0.15) is 21.5 Å². The van der Waals surface area contributed by atoms with Crippen LogP contribution in [0.25, 0.3) is 11.4 Å². The number of fused-ring (bicyclic) bond motifs is 1. The molecule has 0 amide bonds. The Bertz CT molecular complexity index is 1060. The van der Waals surface area contributed by atoms with Gasteiger partial charge in [0, 0.05) is 33.8 Å². The first-order valence-corrected chi connectivity index (χ1v) is 11.6. The second-order valence-corrected chi connectivity index (χ2v) is 8.69. The third kappa shape index (κ3) is 4.57. The van der Waals surface area contributed by atoms with Crippen LogP contribution in [0.3, 0.4) is 0 Å². The minimum Gasteiger partial charge on any atom is -0.478 e. The summed E-state index contributed by atoms with van der Waals surface area (Å²) in [7, 11) is 0. The molecule has 0 saturated carbocycles. The molecule has 3 aromatic rings. The maximum Gasteiger partial charge on any atom is 0.336 e. The Hall–Kier alpha value is -2.51. The van der Waals surface area contributed by atoms with Gasteiger partial charge in [0.1, 0.15) is 5.82 Å². The Balaban J connectivity index is 1.44. The predicted molar refractivity (Wildman–Crippen MR) is 119 cm³/mol. The molecular formula is C22H21N3O2S2. The fourth-order valence-electron chi connectivity index (χ4n) is 3.33. The van der Waals surface area contributed by atoms with Crippen molar-refractivity contribution in [1.29, 1.82) is 0 Å². The van der Waals surface area contributed by atoms with Crippen molar-refractivity contribution < 1.29 is 9.90 Å². The average Bonchev–Trinajstić information content (AvgIpc) is 3.21. The highest BCUT2D eigenvalue weighted by Crippen LogP contribution is 2.31. The summed E-state index contributed by atoms with van der Waals surface area (Å²) >= 11 is 3.34. The number of hydrogen-bond donors (Lipinski definition) is 2. The number of carbonyl (C=O) groups is 1. The van der Waals surface area contributed by atoms with Crippen molar-refractivity contribution in [2.24, 2.45) is 0 Å².